The summed E-state index contributed by atoms with van der Waals surface area (Å²) in [4.78, 5) is 25.2. The lowest BCUT2D eigenvalue weighted by atomic mass is 10.0. The van der Waals surface area contributed by atoms with Crippen molar-refractivity contribution in [3.05, 3.63) is 29.8 Å². The molecule has 1 aromatic carbocycles. The van der Waals surface area contributed by atoms with E-state index in [1.54, 1.807) is 12.1 Å². The Balaban J connectivity index is 2.38. The lowest BCUT2D eigenvalue weighted by molar-refractivity contribution is -0.168. The quantitative estimate of drug-likeness (QED) is 0.835. The van der Waals surface area contributed by atoms with Crippen molar-refractivity contribution in [3.8, 4) is 5.75 Å². The smallest absolute Gasteiger partial charge is 0.406 e. The van der Waals surface area contributed by atoms with Gasteiger partial charge in [-0.25, -0.2) is 0 Å². The summed E-state index contributed by atoms with van der Waals surface area (Å²) in [5.41, 5.74) is 0.251. The van der Waals surface area contributed by atoms with Gasteiger partial charge in [0.1, 0.15) is 18.3 Å². The Morgan fingerprint density at radius 2 is 2.08 bits per heavy atom. The van der Waals surface area contributed by atoms with Crippen LogP contribution in [0, 0.1) is 0 Å². The zero-order valence-corrected chi connectivity index (χ0v) is 13.2. The van der Waals surface area contributed by atoms with Gasteiger partial charge in [-0.1, -0.05) is 31.5 Å². The van der Waals surface area contributed by atoms with E-state index in [1.165, 1.54) is 12.1 Å². The first-order valence-electron chi connectivity index (χ1n) is 7.69. The number of alkyl halides is 3. The molecule has 0 aromatic heterocycles. The predicted octanol–water partition coefficient (Wildman–Crippen LogP) is 2.43. The number of carbonyl (C=O) groups excluding carboxylic acids is 2. The summed E-state index contributed by atoms with van der Waals surface area (Å²) in [5, 5.41) is 2.60. The molecule has 1 unspecified atom stereocenters. The Morgan fingerprint density at radius 1 is 1.38 bits per heavy atom. The second-order valence-electron chi connectivity index (χ2n) is 5.51. The lowest BCUT2D eigenvalue weighted by Gasteiger charge is -2.29. The van der Waals surface area contributed by atoms with Crippen molar-refractivity contribution < 1.29 is 27.5 Å². The van der Waals surface area contributed by atoms with Gasteiger partial charge < -0.3 is 15.0 Å². The number of amides is 2. The maximum atomic E-state index is 12.9. The average Bonchev–Trinajstić information content (AvgIpc) is 2.64. The molecule has 0 spiro atoms. The Kier molecular flexibility index (Phi) is 5.69. The molecule has 8 heteroatoms. The molecular formula is C16H19F3N2O3. The monoisotopic (exact) mass is 344 g/mol. The zero-order valence-electron chi connectivity index (χ0n) is 13.2. The third-order valence-electron chi connectivity index (χ3n) is 3.62. The largest absolute Gasteiger partial charge is 0.483 e. The van der Waals surface area contributed by atoms with E-state index in [-0.39, 0.29) is 11.3 Å². The van der Waals surface area contributed by atoms with E-state index in [9.17, 15) is 22.8 Å². The normalized spacial score (nSPS) is 17.8. The van der Waals surface area contributed by atoms with Crippen LogP contribution in [-0.4, -0.2) is 42.6 Å². The number of unbranched alkanes of at least 4 members (excludes halogenated alkanes) is 1. The van der Waals surface area contributed by atoms with Crippen LogP contribution in [0.2, 0.25) is 0 Å². The fourth-order valence-electron chi connectivity index (χ4n) is 2.51. The van der Waals surface area contributed by atoms with Gasteiger partial charge in [0.05, 0.1) is 0 Å². The van der Waals surface area contributed by atoms with Gasteiger partial charge in [0.25, 0.3) is 5.91 Å². The molecule has 1 atom stereocenters. The topological polar surface area (TPSA) is 58.6 Å². The first kappa shape index (κ1) is 18.1. The van der Waals surface area contributed by atoms with Crippen molar-refractivity contribution in [1.82, 2.24) is 10.2 Å². The maximum absolute atomic E-state index is 12.9. The lowest BCUT2D eigenvalue weighted by Crippen LogP contribution is -2.47. The molecule has 1 heterocycles. The highest BCUT2D eigenvalue weighted by atomic mass is 19.4. The summed E-state index contributed by atoms with van der Waals surface area (Å²) in [5.74, 6) is -1.27. The number of nitrogens with zero attached hydrogens (tertiary/aromatic N) is 1. The molecule has 0 aliphatic carbocycles. The fraction of sp³-hybridized carbons (Fsp3) is 0.500. The third kappa shape index (κ3) is 4.39. The molecule has 1 aliphatic rings. The van der Waals surface area contributed by atoms with E-state index < -0.39 is 37.2 Å². The minimum atomic E-state index is -4.61. The molecule has 24 heavy (non-hydrogen) atoms. The average molecular weight is 344 g/mol. The van der Waals surface area contributed by atoms with Gasteiger partial charge in [0, 0.05) is 12.1 Å². The summed E-state index contributed by atoms with van der Waals surface area (Å²) in [7, 11) is 0. The van der Waals surface area contributed by atoms with Crippen LogP contribution in [0.25, 0.3) is 0 Å². The maximum Gasteiger partial charge on any atom is 0.406 e. The summed E-state index contributed by atoms with van der Waals surface area (Å²) >= 11 is 0. The second kappa shape index (κ2) is 7.55. The van der Waals surface area contributed by atoms with E-state index in [0.29, 0.717) is 17.9 Å². The van der Waals surface area contributed by atoms with Crippen LogP contribution in [0.3, 0.4) is 0 Å². The molecule has 1 aliphatic heterocycles. The second-order valence-corrected chi connectivity index (χ2v) is 5.51. The van der Waals surface area contributed by atoms with Crippen molar-refractivity contribution in [3.63, 3.8) is 0 Å². The summed E-state index contributed by atoms with van der Waals surface area (Å²) in [6.07, 6.45) is -3.09. The SMILES string of the molecule is CCCCNC(=O)C1c2ccccc2OCC(=O)N1CC(F)(F)F. The molecule has 2 rings (SSSR count). The molecule has 5 nitrogen and oxygen atoms in total. The fourth-order valence-corrected chi connectivity index (χ4v) is 2.51. The minimum Gasteiger partial charge on any atom is -0.483 e. The van der Waals surface area contributed by atoms with E-state index in [0.717, 1.165) is 6.42 Å². The number of fused-ring (bicyclic) bond motifs is 1. The van der Waals surface area contributed by atoms with Crippen LogP contribution in [0.4, 0.5) is 13.2 Å². The molecule has 0 saturated carbocycles. The summed E-state index contributed by atoms with van der Waals surface area (Å²) in [6.45, 7) is 0.227. The molecule has 1 N–H and O–H groups in total. The predicted molar refractivity (Wildman–Crippen MR) is 80.4 cm³/mol. The third-order valence-corrected chi connectivity index (χ3v) is 3.62. The molecule has 0 fully saturated rings. The zero-order chi connectivity index (χ0) is 17.7. The van der Waals surface area contributed by atoms with Gasteiger partial charge in [-0.05, 0) is 12.5 Å². The number of benzene rings is 1. The van der Waals surface area contributed by atoms with Crippen LogP contribution in [0.15, 0.2) is 24.3 Å². The highest BCUT2D eigenvalue weighted by Gasteiger charge is 2.42. The van der Waals surface area contributed by atoms with Crippen molar-refractivity contribution in [2.24, 2.45) is 0 Å². The summed E-state index contributed by atoms with van der Waals surface area (Å²) in [6, 6.07) is 4.90. The van der Waals surface area contributed by atoms with E-state index in [2.05, 4.69) is 5.32 Å². The van der Waals surface area contributed by atoms with Gasteiger partial charge in [0.15, 0.2) is 6.61 Å². The molecule has 2 amide bonds. The van der Waals surface area contributed by atoms with Gasteiger partial charge in [-0.2, -0.15) is 13.2 Å². The number of hydrogen-bond donors (Lipinski definition) is 1. The van der Waals surface area contributed by atoms with Crippen molar-refractivity contribution in [2.45, 2.75) is 32.0 Å². The first-order chi connectivity index (χ1) is 11.3. The minimum absolute atomic E-state index is 0.242. The number of hydrogen-bond acceptors (Lipinski definition) is 3. The Bertz CT molecular complexity index is 604. The van der Waals surface area contributed by atoms with Crippen LogP contribution >= 0.6 is 0 Å². The Hall–Kier alpha value is -2.25. The Labute approximate surface area is 137 Å². The van der Waals surface area contributed by atoms with E-state index in [4.69, 9.17) is 4.74 Å². The van der Waals surface area contributed by atoms with Crippen LogP contribution < -0.4 is 10.1 Å². The highest BCUT2D eigenvalue weighted by Crippen LogP contribution is 2.34. The van der Waals surface area contributed by atoms with Crippen LogP contribution in [-0.2, 0) is 9.59 Å². The van der Waals surface area contributed by atoms with Crippen LogP contribution in [0.1, 0.15) is 31.4 Å². The van der Waals surface area contributed by atoms with E-state index in [1.807, 2.05) is 6.92 Å². The van der Waals surface area contributed by atoms with Crippen molar-refractivity contribution >= 4 is 11.8 Å². The molecule has 0 radical (unpaired) electrons. The number of ether oxygens (including phenoxy) is 1. The number of nitrogens with one attached hydrogen (secondary N) is 1. The van der Waals surface area contributed by atoms with Crippen molar-refractivity contribution in [2.75, 3.05) is 19.7 Å². The first-order valence-corrected chi connectivity index (χ1v) is 7.69. The molecule has 1 aromatic rings. The van der Waals surface area contributed by atoms with Crippen LogP contribution in [0.5, 0.6) is 5.75 Å². The van der Waals surface area contributed by atoms with Gasteiger partial charge in [0.2, 0.25) is 5.91 Å². The standard InChI is InChI=1S/C16H19F3N2O3/c1-2-3-8-20-15(23)14-11-6-4-5-7-12(11)24-9-13(22)21(14)10-16(17,18)19/h4-7,14H,2-3,8-10H2,1H3,(H,20,23). The molecular weight excluding hydrogens is 325 g/mol. The van der Waals surface area contributed by atoms with Gasteiger partial charge >= 0.3 is 6.18 Å². The highest BCUT2D eigenvalue weighted by molar-refractivity contribution is 5.90. The molecule has 0 bridgehead atoms. The van der Waals surface area contributed by atoms with Gasteiger partial charge in [-0.15, -0.1) is 0 Å². The molecule has 132 valence electrons. The van der Waals surface area contributed by atoms with Crippen molar-refractivity contribution in [1.29, 1.82) is 0 Å². The number of rotatable bonds is 5. The number of para-hydroxylation sites is 1. The van der Waals surface area contributed by atoms with E-state index >= 15 is 0 Å². The number of halogens is 3. The number of carbonyl (C=O) groups is 2. The molecule has 0 saturated heterocycles. The van der Waals surface area contributed by atoms with Gasteiger partial charge in [-0.3, -0.25) is 9.59 Å². The summed E-state index contributed by atoms with van der Waals surface area (Å²) < 4.78 is 44.0. The Morgan fingerprint density at radius 3 is 2.75 bits per heavy atom.